The number of hydrogen-bond donors (Lipinski definition) is 3. The minimum atomic E-state index is -0.411. The van der Waals surface area contributed by atoms with E-state index < -0.39 is 5.82 Å². The number of ether oxygens (including phenoxy) is 2. The van der Waals surface area contributed by atoms with Gasteiger partial charge in [-0.25, -0.2) is 4.39 Å². The third-order valence-corrected chi connectivity index (χ3v) is 9.24. The number of halogens is 1. The fraction of sp³-hybridized carbons (Fsp3) is 0.353. The number of fused-ring (bicyclic) bond motifs is 2. The van der Waals surface area contributed by atoms with Crippen molar-refractivity contribution in [3.63, 3.8) is 0 Å². The topological polar surface area (TPSA) is 114 Å². The first-order valence-electron chi connectivity index (χ1n) is 15.3. The second-order valence-electron chi connectivity index (χ2n) is 11.3. The molecule has 1 aliphatic carbocycles. The lowest BCUT2D eigenvalue weighted by molar-refractivity contribution is -0.125. The number of carbonyl (C=O) groups is 2. The van der Waals surface area contributed by atoms with E-state index >= 15 is 0 Å². The first-order chi connectivity index (χ1) is 22.0. The van der Waals surface area contributed by atoms with E-state index in [1.165, 1.54) is 29.3 Å². The largest absolute Gasteiger partial charge is 0.490 e. The Balaban J connectivity index is 1.04. The molecule has 0 bridgehead atoms. The molecule has 2 atom stereocenters. The van der Waals surface area contributed by atoms with Gasteiger partial charge in [-0.3, -0.25) is 9.59 Å². The molecular weight excluding hydrogens is 593 g/mol. The van der Waals surface area contributed by atoms with Gasteiger partial charge in [-0.05, 0) is 79.1 Å². The lowest BCUT2D eigenvalue weighted by Crippen LogP contribution is -2.35. The van der Waals surface area contributed by atoms with Crippen molar-refractivity contribution in [3.05, 3.63) is 77.4 Å². The smallest absolute Gasteiger partial charge is 0.243 e. The fourth-order valence-electron chi connectivity index (χ4n) is 6.02. The van der Waals surface area contributed by atoms with Crippen LogP contribution in [0.3, 0.4) is 0 Å². The van der Waals surface area contributed by atoms with Crippen LogP contribution >= 0.6 is 11.3 Å². The summed E-state index contributed by atoms with van der Waals surface area (Å²) >= 11 is 1.57. The molecule has 45 heavy (non-hydrogen) atoms. The maximum absolute atomic E-state index is 14.3. The number of amides is 2. The van der Waals surface area contributed by atoms with E-state index in [1.807, 2.05) is 5.38 Å². The molecule has 0 saturated heterocycles. The highest BCUT2D eigenvalue weighted by Gasteiger charge is 2.30. The van der Waals surface area contributed by atoms with Crippen LogP contribution in [0.15, 0.2) is 60.5 Å². The molecule has 3 N–H and O–H groups in total. The Labute approximate surface area is 265 Å². The number of hydrogen-bond acceptors (Lipinski definition) is 8. The minimum Gasteiger partial charge on any atom is -0.490 e. The molecule has 4 aromatic rings. The fourth-order valence-corrected chi connectivity index (χ4v) is 6.91. The van der Waals surface area contributed by atoms with Gasteiger partial charge >= 0.3 is 0 Å². The molecule has 234 valence electrons. The van der Waals surface area contributed by atoms with Crippen molar-refractivity contribution in [2.75, 3.05) is 32.9 Å². The molecule has 1 aliphatic heterocycles. The zero-order valence-electron chi connectivity index (χ0n) is 24.9. The lowest BCUT2D eigenvalue weighted by Gasteiger charge is -2.18. The lowest BCUT2D eigenvalue weighted by atomic mass is 9.96. The average molecular weight is 630 g/mol. The van der Waals surface area contributed by atoms with Gasteiger partial charge in [0.2, 0.25) is 11.8 Å². The van der Waals surface area contributed by atoms with Gasteiger partial charge in [0.15, 0.2) is 0 Å². The summed E-state index contributed by atoms with van der Waals surface area (Å²) in [5, 5.41) is 21.4. The summed E-state index contributed by atoms with van der Waals surface area (Å²) in [4.78, 5) is 24.0. The Morgan fingerprint density at radius 1 is 1.07 bits per heavy atom. The average Bonchev–Trinajstić information content (AvgIpc) is 3.74. The maximum atomic E-state index is 14.3. The van der Waals surface area contributed by atoms with Gasteiger partial charge < -0.3 is 25.4 Å². The van der Waals surface area contributed by atoms with Crippen LogP contribution in [-0.4, -0.2) is 61.0 Å². The molecule has 3 heterocycles. The summed E-state index contributed by atoms with van der Waals surface area (Å²) in [6.45, 7) is 6.44. The number of benzene rings is 2. The zero-order chi connectivity index (χ0) is 31.2. The van der Waals surface area contributed by atoms with E-state index in [9.17, 15) is 14.0 Å². The highest BCUT2D eigenvalue weighted by atomic mass is 32.1. The van der Waals surface area contributed by atoms with E-state index in [1.54, 1.807) is 17.4 Å². The van der Waals surface area contributed by atoms with Crippen molar-refractivity contribution in [1.29, 1.82) is 0 Å². The van der Waals surface area contributed by atoms with E-state index in [4.69, 9.17) is 9.47 Å². The molecule has 0 spiro atoms. The first kappa shape index (κ1) is 30.8. The predicted octanol–water partition coefficient (Wildman–Crippen LogP) is 4.79. The summed E-state index contributed by atoms with van der Waals surface area (Å²) < 4.78 is 26.9. The predicted molar refractivity (Wildman–Crippen MR) is 172 cm³/mol. The highest BCUT2D eigenvalue weighted by molar-refractivity contribution is 7.17. The van der Waals surface area contributed by atoms with Gasteiger partial charge in [-0.2, -0.15) is 0 Å². The van der Waals surface area contributed by atoms with Crippen molar-refractivity contribution in [3.8, 4) is 28.3 Å². The highest BCUT2D eigenvalue weighted by Crippen LogP contribution is 2.39. The number of thiophene rings is 1. The molecule has 2 aromatic carbocycles. The quantitative estimate of drug-likeness (QED) is 0.153. The van der Waals surface area contributed by atoms with Crippen LogP contribution in [0, 0.1) is 11.7 Å². The Morgan fingerprint density at radius 2 is 1.96 bits per heavy atom. The number of nitrogens with one attached hydrogen (secondary N) is 3. The molecule has 0 radical (unpaired) electrons. The molecule has 11 heteroatoms. The first-order valence-corrected chi connectivity index (χ1v) is 16.2. The van der Waals surface area contributed by atoms with Crippen LogP contribution in [-0.2, 0) is 27.3 Å². The van der Waals surface area contributed by atoms with E-state index in [2.05, 4.69) is 57.0 Å². The van der Waals surface area contributed by atoms with Crippen molar-refractivity contribution in [1.82, 2.24) is 26.1 Å². The molecular formula is C34H36FN5O4S. The molecule has 6 rings (SSSR count). The van der Waals surface area contributed by atoms with E-state index in [0.29, 0.717) is 36.6 Å². The minimum absolute atomic E-state index is 0.000704. The van der Waals surface area contributed by atoms with Crippen LogP contribution in [0.1, 0.15) is 30.4 Å². The number of nitrogens with zero attached hydrogens (tertiary/aromatic N) is 2. The monoisotopic (exact) mass is 629 g/mol. The Kier molecular flexibility index (Phi) is 9.78. The summed E-state index contributed by atoms with van der Waals surface area (Å²) in [5.74, 6) is -0.426. The van der Waals surface area contributed by atoms with Crippen molar-refractivity contribution >= 4 is 33.2 Å². The molecule has 1 saturated carbocycles. The van der Waals surface area contributed by atoms with Crippen LogP contribution in [0.25, 0.3) is 32.6 Å². The van der Waals surface area contributed by atoms with Gasteiger partial charge in [0.05, 0.1) is 17.9 Å². The van der Waals surface area contributed by atoms with Crippen LogP contribution in [0.5, 0.6) is 5.75 Å². The van der Waals surface area contributed by atoms with Crippen molar-refractivity contribution < 1.29 is 23.5 Å². The van der Waals surface area contributed by atoms with Crippen LogP contribution < -0.4 is 20.7 Å². The zero-order valence-corrected chi connectivity index (χ0v) is 25.8. The van der Waals surface area contributed by atoms with Gasteiger partial charge in [0.1, 0.15) is 29.6 Å². The molecule has 2 aromatic heterocycles. The second-order valence-corrected chi connectivity index (χ2v) is 12.2. The Bertz CT molecular complexity index is 1710. The number of rotatable bonds is 12. The van der Waals surface area contributed by atoms with E-state index in [0.717, 1.165) is 53.7 Å². The third kappa shape index (κ3) is 7.22. The Morgan fingerprint density at radius 3 is 2.84 bits per heavy atom. The maximum Gasteiger partial charge on any atom is 0.243 e. The Hall–Kier alpha value is -4.19. The summed E-state index contributed by atoms with van der Waals surface area (Å²) in [6, 6.07) is 12.9. The molecule has 2 amide bonds. The summed E-state index contributed by atoms with van der Waals surface area (Å²) in [6.07, 6.45) is 4.35. The third-order valence-electron chi connectivity index (χ3n) is 8.32. The van der Waals surface area contributed by atoms with Gasteiger partial charge in [0, 0.05) is 47.6 Å². The van der Waals surface area contributed by atoms with Gasteiger partial charge in [-0.15, -0.1) is 21.5 Å². The SMILES string of the molecule is C=CC(=O)N[C@H]1CC[C@@H](C(=O)NCCOCCOc2cc(F)ccc2-c2nnc(-c3ccc4c(c3)CCNC4)c3ccsc23)C1. The second kappa shape index (κ2) is 14.3. The summed E-state index contributed by atoms with van der Waals surface area (Å²) in [5.41, 5.74) is 5.80. The number of aromatic nitrogens is 2. The molecule has 9 nitrogen and oxygen atoms in total. The summed E-state index contributed by atoms with van der Waals surface area (Å²) in [7, 11) is 0. The standard InChI is InChI=1S/C34H36FN5O4S/c1-2-30(41)38-26-7-5-23(18-26)34(42)37-12-13-43-14-15-44-29-19-25(35)6-8-27(29)32-33-28(10-16-45-33)31(39-40-32)22-3-4-24-20-36-11-9-21(24)17-22/h2-4,6,8,10,16-17,19,23,26,36H,1,5,7,9,11-15,18,20H2,(H,37,42)(H,38,41)/t23-,26+/m1/s1. The van der Waals surface area contributed by atoms with Crippen molar-refractivity contribution in [2.24, 2.45) is 5.92 Å². The van der Waals surface area contributed by atoms with E-state index in [-0.39, 0.29) is 37.0 Å². The normalized spacial score (nSPS) is 17.5. The molecule has 1 fully saturated rings. The van der Waals surface area contributed by atoms with Crippen LogP contribution in [0.2, 0.25) is 0 Å². The van der Waals surface area contributed by atoms with Gasteiger partial charge in [0.25, 0.3) is 0 Å². The van der Waals surface area contributed by atoms with Crippen LogP contribution in [0.4, 0.5) is 4.39 Å². The van der Waals surface area contributed by atoms with Gasteiger partial charge in [-0.1, -0.05) is 18.7 Å². The molecule has 0 unspecified atom stereocenters. The van der Waals surface area contributed by atoms with Crippen molar-refractivity contribution in [2.45, 2.75) is 38.3 Å². The molecule has 2 aliphatic rings. The number of carbonyl (C=O) groups excluding carboxylic acids is 2.